The summed E-state index contributed by atoms with van der Waals surface area (Å²) in [4.78, 5) is 11.4. The fourth-order valence-corrected chi connectivity index (χ4v) is 3.51. The Morgan fingerprint density at radius 1 is 0.880 bits per heavy atom. The van der Waals surface area contributed by atoms with Crippen LogP contribution in [0.2, 0.25) is 0 Å². The van der Waals surface area contributed by atoms with Crippen molar-refractivity contribution in [1.29, 1.82) is 0 Å². The van der Waals surface area contributed by atoms with E-state index in [1.807, 2.05) is 0 Å². The van der Waals surface area contributed by atoms with Crippen LogP contribution in [0.3, 0.4) is 0 Å². The second kappa shape index (κ2) is 13.4. The summed E-state index contributed by atoms with van der Waals surface area (Å²) in [6.07, 6.45) is 22.2. The van der Waals surface area contributed by atoms with Gasteiger partial charge in [-0.05, 0) is 38.5 Å². The fraction of sp³-hybridized carbons (Fsp3) is 0.864. The number of hydrogen-bond acceptors (Lipinski definition) is 2. The monoisotopic (exact) mass is 352 g/mol. The first-order valence-electron chi connectivity index (χ1n) is 10.7. The molecule has 2 unspecified atom stereocenters. The van der Waals surface area contributed by atoms with E-state index in [4.69, 9.17) is 4.74 Å². The number of carboxylic acids is 1. The van der Waals surface area contributed by atoms with Crippen LogP contribution in [-0.4, -0.2) is 22.8 Å². The predicted molar refractivity (Wildman–Crippen MR) is 105 cm³/mol. The van der Waals surface area contributed by atoms with Gasteiger partial charge in [-0.25, -0.2) is 4.79 Å². The Balaban J connectivity index is 1.94. The Morgan fingerprint density at radius 2 is 1.44 bits per heavy atom. The smallest absolute Gasteiger partial charge is 0.338 e. The highest BCUT2D eigenvalue weighted by Crippen LogP contribution is 2.44. The molecule has 1 aliphatic heterocycles. The number of hydrogen-bond donors (Lipinski definition) is 1. The highest BCUT2D eigenvalue weighted by atomic mass is 16.6. The van der Waals surface area contributed by atoms with E-state index in [2.05, 4.69) is 26.0 Å². The van der Waals surface area contributed by atoms with Gasteiger partial charge in [0, 0.05) is 0 Å². The summed E-state index contributed by atoms with van der Waals surface area (Å²) in [6.45, 7) is 4.35. The number of unbranched alkanes of at least 4 members (excludes halogenated alkanes) is 10. The summed E-state index contributed by atoms with van der Waals surface area (Å²) >= 11 is 0. The van der Waals surface area contributed by atoms with Crippen molar-refractivity contribution in [3.63, 3.8) is 0 Å². The average Bonchev–Trinajstić information content (AvgIpc) is 3.32. The van der Waals surface area contributed by atoms with Gasteiger partial charge in [0.15, 0.2) is 5.60 Å². The summed E-state index contributed by atoms with van der Waals surface area (Å²) in [5, 5.41) is 9.37. The number of carboxylic acid groups (broad SMARTS) is 1. The molecular formula is C22H40O3. The van der Waals surface area contributed by atoms with E-state index in [-0.39, 0.29) is 6.10 Å². The molecule has 146 valence electrons. The van der Waals surface area contributed by atoms with Gasteiger partial charge in [-0.3, -0.25) is 0 Å². The molecule has 0 radical (unpaired) electrons. The van der Waals surface area contributed by atoms with E-state index < -0.39 is 11.6 Å². The molecule has 1 rings (SSSR count). The van der Waals surface area contributed by atoms with E-state index in [0.29, 0.717) is 6.42 Å². The largest absolute Gasteiger partial charge is 0.479 e. The SMILES string of the molecule is CCCCCCCCC=CCCCCCC1OC1(CCCC)C(=O)O. The molecule has 0 amide bonds. The van der Waals surface area contributed by atoms with Gasteiger partial charge in [-0.15, -0.1) is 0 Å². The Bertz CT molecular complexity index is 377. The third-order valence-electron chi connectivity index (χ3n) is 5.31. The molecule has 1 fully saturated rings. The van der Waals surface area contributed by atoms with E-state index in [0.717, 1.165) is 32.1 Å². The second-order valence-corrected chi connectivity index (χ2v) is 7.57. The van der Waals surface area contributed by atoms with Crippen molar-refractivity contribution in [3.8, 4) is 0 Å². The summed E-state index contributed by atoms with van der Waals surface area (Å²) in [5.74, 6) is -0.761. The molecule has 0 spiro atoms. The molecule has 1 saturated heterocycles. The quantitative estimate of drug-likeness (QED) is 0.181. The lowest BCUT2D eigenvalue weighted by Gasteiger charge is -2.06. The Morgan fingerprint density at radius 3 is 2.04 bits per heavy atom. The molecule has 0 aromatic heterocycles. The van der Waals surface area contributed by atoms with Crippen LogP contribution in [-0.2, 0) is 9.53 Å². The molecule has 25 heavy (non-hydrogen) atoms. The van der Waals surface area contributed by atoms with Gasteiger partial charge in [0.25, 0.3) is 0 Å². The lowest BCUT2D eigenvalue weighted by atomic mass is 9.95. The van der Waals surface area contributed by atoms with Crippen LogP contribution in [0.1, 0.15) is 110 Å². The molecule has 1 aliphatic rings. The molecule has 0 saturated carbocycles. The number of carbonyl (C=O) groups is 1. The third-order valence-corrected chi connectivity index (χ3v) is 5.31. The minimum absolute atomic E-state index is 0.0419. The highest BCUT2D eigenvalue weighted by molar-refractivity contribution is 5.81. The molecule has 3 heteroatoms. The fourth-order valence-electron chi connectivity index (χ4n) is 3.51. The maximum Gasteiger partial charge on any atom is 0.338 e. The van der Waals surface area contributed by atoms with Crippen molar-refractivity contribution in [2.45, 2.75) is 122 Å². The predicted octanol–water partition coefficient (Wildman–Crippen LogP) is 6.66. The summed E-state index contributed by atoms with van der Waals surface area (Å²) < 4.78 is 5.56. The molecule has 3 nitrogen and oxygen atoms in total. The number of rotatable bonds is 17. The van der Waals surface area contributed by atoms with Crippen molar-refractivity contribution >= 4 is 5.97 Å². The molecule has 0 aliphatic carbocycles. The average molecular weight is 353 g/mol. The van der Waals surface area contributed by atoms with Gasteiger partial charge in [0.05, 0.1) is 6.10 Å². The first-order valence-corrected chi connectivity index (χ1v) is 10.7. The molecule has 2 atom stereocenters. The molecule has 0 aromatic carbocycles. The van der Waals surface area contributed by atoms with Crippen LogP contribution in [0.4, 0.5) is 0 Å². The number of epoxide rings is 1. The zero-order valence-corrected chi connectivity index (χ0v) is 16.6. The van der Waals surface area contributed by atoms with Gasteiger partial charge in [-0.2, -0.15) is 0 Å². The van der Waals surface area contributed by atoms with E-state index in [1.165, 1.54) is 57.8 Å². The standard InChI is InChI=1S/C22H40O3/c1-3-5-7-8-9-10-11-12-13-14-15-16-17-18-20-22(25-20,21(23)24)19-6-4-2/h12-13,20H,3-11,14-19H2,1-2H3,(H,23,24). The van der Waals surface area contributed by atoms with Gasteiger partial charge in [0.2, 0.25) is 0 Å². The van der Waals surface area contributed by atoms with E-state index in [1.54, 1.807) is 0 Å². The van der Waals surface area contributed by atoms with Crippen LogP contribution in [0.25, 0.3) is 0 Å². The zero-order valence-electron chi connectivity index (χ0n) is 16.6. The van der Waals surface area contributed by atoms with Crippen LogP contribution in [0.5, 0.6) is 0 Å². The molecule has 1 N–H and O–H groups in total. The normalized spacial score (nSPS) is 22.6. The third kappa shape index (κ3) is 8.89. The zero-order chi connectivity index (χ0) is 18.4. The van der Waals surface area contributed by atoms with Crippen LogP contribution < -0.4 is 0 Å². The van der Waals surface area contributed by atoms with Gasteiger partial charge in [-0.1, -0.05) is 83.8 Å². The number of aliphatic carboxylic acids is 1. The second-order valence-electron chi connectivity index (χ2n) is 7.57. The minimum atomic E-state index is -0.840. The van der Waals surface area contributed by atoms with Crippen LogP contribution in [0, 0.1) is 0 Å². The Labute approximate surface area is 155 Å². The number of allylic oxidation sites excluding steroid dienone is 2. The lowest BCUT2D eigenvalue weighted by molar-refractivity contribution is -0.143. The van der Waals surface area contributed by atoms with Crippen molar-refractivity contribution in [2.75, 3.05) is 0 Å². The lowest BCUT2D eigenvalue weighted by Crippen LogP contribution is -2.27. The maximum absolute atomic E-state index is 11.4. The van der Waals surface area contributed by atoms with Gasteiger partial charge >= 0.3 is 5.97 Å². The van der Waals surface area contributed by atoms with Crippen molar-refractivity contribution in [2.24, 2.45) is 0 Å². The van der Waals surface area contributed by atoms with Crippen molar-refractivity contribution in [1.82, 2.24) is 0 Å². The number of ether oxygens (including phenoxy) is 1. The summed E-state index contributed by atoms with van der Waals surface area (Å²) in [7, 11) is 0. The first-order chi connectivity index (χ1) is 12.2. The van der Waals surface area contributed by atoms with Crippen LogP contribution in [0.15, 0.2) is 12.2 Å². The molecular weight excluding hydrogens is 312 g/mol. The molecule has 0 aromatic rings. The van der Waals surface area contributed by atoms with E-state index in [9.17, 15) is 9.90 Å². The van der Waals surface area contributed by atoms with E-state index >= 15 is 0 Å². The highest BCUT2D eigenvalue weighted by Gasteiger charge is 2.61. The van der Waals surface area contributed by atoms with Crippen molar-refractivity contribution in [3.05, 3.63) is 12.2 Å². The van der Waals surface area contributed by atoms with Crippen LogP contribution >= 0.6 is 0 Å². The summed E-state index contributed by atoms with van der Waals surface area (Å²) in [5.41, 5.74) is -0.840. The van der Waals surface area contributed by atoms with Crippen molar-refractivity contribution < 1.29 is 14.6 Å². The minimum Gasteiger partial charge on any atom is -0.479 e. The topological polar surface area (TPSA) is 49.8 Å². The summed E-state index contributed by atoms with van der Waals surface area (Å²) in [6, 6.07) is 0. The first kappa shape index (κ1) is 22.2. The molecule has 0 bridgehead atoms. The Kier molecular flexibility index (Phi) is 11.9. The van der Waals surface area contributed by atoms with Gasteiger partial charge in [0.1, 0.15) is 0 Å². The molecule has 1 heterocycles. The Hall–Kier alpha value is -0.830. The van der Waals surface area contributed by atoms with Gasteiger partial charge < -0.3 is 9.84 Å². The maximum atomic E-state index is 11.4.